The molecule has 0 radical (unpaired) electrons. The number of imidazole rings is 1. The van der Waals surface area contributed by atoms with E-state index in [0.29, 0.717) is 18.8 Å². The predicted octanol–water partition coefficient (Wildman–Crippen LogP) is 2.76. The molecular formula is C26H28FN7O3. The van der Waals surface area contributed by atoms with Crippen molar-refractivity contribution in [3.8, 4) is 11.4 Å². The second-order valence-corrected chi connectivity index (χ2v) is 9.08. The molecule has 0 spiro atoms. The van der Waals surface area contributed by atoms with Crippen molar-refractivity contribution >= 4 is 28.3 Å². The highest BCUT2D eigenvalue weighted by atomic mass is 19.1. The van der Waals surface area contributed by atoms with E-state index >= 15 is 0 Å². The summed E-state index contributed by atoms with van der Waals surface area (Å²) in [4.78, 5) is 33.6. The molecule has 4 aromatic rings. The number of aryl methyl sites for hydroxylation is 2. The number of piperidine rings is 1. The predicted molar refractivity (Wildman–Crippen MR) is 139 cm³/mol. The highest BCUT2D eigenvalue weighted by Crippen LogP contribution is 2.36. The Kier molecular flexibility index (Phi) is 6.38. The largest absolute Gasteiger partial charge is 0.494 e. The van der Waals surface area contributed by atoms with Gasteiger partial charge in [-0.25, -0.2) is 9.37 Å². The Bertz CT molecular complexity index is 1550. The fraction of sp³-hybridized carbons (Fsp3) is 0.308. The molecule has 0 atom stereocenters. The third kappa shape index (κ3) is 4.31. The molecule has 1 aliphatic rings. The van der Waals surface area contributed by atoms with Gasteiger partial charge in [0.25, 0.3) is 11.5 Å². The molecule has 0 aliphatic carbocycles. The number of ether oxygens (including phenoxy) is 1. The standard InChI is InChI=1S/C26H28FN7O3/c1-15-30-22-20(32(15)2)8-7-19(24(22)33-13-10-16(28)11-14-33)31-25(35)17-9-12-29-34(26(17)36)23-18(27)5-4-6-21(23)37-3/h4-9,12,16H,10-11,13-14,28H2,1-3H3,(H,31,35). The van der Waals surface area contributed by atoms with Gasteiger partial charge in [-0.1, -0.05) is 6.07 Å². The Hall–Kier alpha value is -4.25. The molecule has 1 saturated heterocycles. The molecule has 0 bridgehead atoms. The smallest absolute Gasteiger partial charge is 0.284 e. The van der Waals surface area contributed by atoms with Crippen LogP contribution in [0.15, 0.2) is 47.4 Å². The van der Waals surface area contributed by atoms with Crippen LogP contribution >= 0.6 is 0 Å². The van der Waals surface area contributed by atoms with Crippen LogP contribution in [0.3, 0.4) is 0 Å². The Morgan fingerprint density at radius 2 is 1.92 bits per heavy atom. The van der Waals surface area contributed by atoms with E-state index in [9.17, 15) is 14.0 Å². The van der Waals surface area contributed by atoms with Crippen molar-refractivity contribution in [2.24, 2.45) is 12.8 Å². The summed E-state index contributed by atoms with van der Waals surface area (Å²) in [5, 5.41) is 6.88. The van der Waals surface area contributed by atoms with E-state index in [-0.39, 0.29) is 23.0 Å². The zero-order chi connectivity index (χ0) is 26.3. The van der Waals surface area contributed by atoms with Gasteiger partial charge in [0.2, 0.25) is 0 Å². The van der Waals surface area contributed by atoms with Crippen molar-refractivity contribution in [1.29, 1.82) is 0 Å². The lowest BCUT2D eigenvalue weighted by Crippen LogP contribution is -2.40. The van der Waals surface area contributed by atoms with E-state index in [2.05, 4.69) is 15.3 Å². The summed E-state index contributed by atoms with van der Waals surface area (Å²) >= 11 is 0. The molecule has 10 nitrogen and oxygen atoms in total. The normalized spacial score (nSPS) is 14.2. The maximum atomic E-state index is 14.6. The third-order valence-corrected chi connectivity index (χ3v) is 6.83. The number of amides is 1. The average molecular weight is 506 g/mol. The molecule has 1 fully saturated rings. The Morgan fingerprint density at radius 1 is 1.16 bits per heavy atom. The van der Waals surface area contributed by atoms with Gasteiger partial charge in [-0.2, -0.15) is 9.78 Å². The van der Waals surface area contributed by atoms with Crippen molar-refractivity contribution < 1.29 is 13.9 Å². The minimum Gasteiger partial charge on any atom is -0.494 e. The van der Waals surface area contributed by atoms with Gasteiger partial charge in [0.15, 0.2) is 5.82 Å². The molecule has 3 N–H and O–H groups in total. The van der Waals surface area contributed by atoms with Crippen LogP contribution in [-0.4, -0.2) is 51.5 Å². The first-order chi connectivity index (χ1) is 17.8. The minimum atomic E-state index is -0.774. The van der Waals surface area contributed by atoms with Gasteiger partial charge >= 0.3 is 0 Å². The highest BCUT2D eigenvalue weighted by Gasteiger charge is 2.25. The average Bonchev–Trinajstić information content (AvgIpc) is 3.18. The molecule has 0 unspecified atom stereocenters. The zero-order valence-corrected chi connectivity index (χ0v) is 20.9. The Morgan fingerprint density at radius 3 is 2.65 bits per heavy atom. The van der Waals surface area contributed by atoms with Crippen molar-refractivity contribution in [2.45, 2.75) is 25.8 Å². The number of rotatable bonds is 5. The fourth-order valence-corrected chi connectivity index (χ4v) is 4.70. The maximum absolute atomic E-state index is 14.6. The van der Waals surface area contributed by atoms with Gasteiger partial charge in [-0.15, -0.1) is 0 Å². The first kappa shape index (κ1) is 24.4. The summed E-state index contributed by atoms with van der Waals surface area (Å²) in [7, 11) is 3.31. The van der Waals surface area contributed by atoms with Crippen LogP contribution in [0.1, 0.15) is 29.0 Å². The molecule has 3 heterocycles. The number of nitrogens with two attached hydrogens (primary N) is 1. The number of carbonyl (C=O) groups excluding carboxylic acids is 1. The number of aromatic nitrogens is 4. The number of anilines is 2. The summed E-state index contributed by atoms with van der Waals surface area (Å²) in [6, 6.07) is 9.31. The first-order valence-corrected chi connectivity index (χ1v) is 12.0. The maximum Gasteiger partial charge on any atom is 0.284 e. The molecular weight excluding hydrogens is 477 g/mol. The third-order valence-electron chi connectivity index (χ3n) is 6.83. The summed E-state index contributed by atoms with van der Waals surface area (Å²) in [6.07, 6.45) is 2.91. The molecule has 37 heavy (non-hydrogen) atoms. The van der Waals surface area contributed by atoms with Crippen LogP contribution in [0.4, 0.5) is 15.8 Å². The van der Waals surface area contributed by atoms with E-state index in [1.54, 1.807) is 0 Å². The van der Waals surface area contributed by atoms with Gasteiger partial charge in [-0.3, -0.25) is 9.59 Å². The topological polar surface area (TPSA) is 120 Å². The summed E-state index contributed by atoms with van der Waals surface area (Å²) < 4.78 is 22.7. The minimum absolute atomic E-state index is 0.119. The van der Waals surface area contributed by atoms with Crippen LogP contribution < -0.4 is 26.2 Å². The lowest BCUT2D eigenvalue weighted by atomic mass is 10.0. The number of carbonyl (C=O) groups is 1. The fourth-order valence-electron chi connectivity index (χ4n) is 4.70. The van der Waals surface area contributed by atoms with Crippen LogP contribution in [0, 0.1) is 12.7 Å². The summed E-state index contributed by atoms with van der Waals surface area (Å²) in [6.45, 7) is 3.35. The molecule has 5 rings (SSSR count). The quantitative estimate of drug-likeness (QED) is 0.428. The number of hydrogen-bond donors (Lipinski definition) is 2. The number of nitrogens with one attached hydrogen (secondary N) is 1. The van der Waals surface area contributed by atoms with E-state index < -0.39 is 17.3 Å². The molecule has 192 valence electrons. The van der Waals surface area contributed by atoms with E-state index in [1.807, 2.05) is 30.7 Å². The van der Waals surface area contributed by atoms with E-state index in [0.717, 1.165) is 40.1 Å². The lowest BCUT2D eigenvalue weighted by molar-refractivity contribution is 0.102. The van der Waals surface area contributed by atoms with Crippen molar-refractivity contribution in [3.05, 3.63) is 70.2 Å². The van der Waals surface area contributed by atoms with Gasteiger partial charge in [0, 0.05) is 32.4 Å². The first-order valence-electron chi connectivity index (χ1n) is 12.0. The number of fused-ring (bicyclic) bond motifs is 1. The lowest BCUT2D eigenvalue weighted by Gasteiger charge is -2.33. The highest BCUT2D eigenvalue weighted by molar-refractivity contribution is 6.09. The molecule has 11 heteroatoms. The molecule has 2 aromatic heterocycles. The number of para-hydroxylation sites is 1. The van der Waals surface area contributed by atoms with Crippen LogP contribution in [0.2, 0.25) is 0 Å². The summed E-state index contributed by atoms with van der Waals surface area (Å²) in [5.74, 6) is -0.385. The van der Waals surface area contributed by atoms with Gasteiger partial charge in [0.1, 0.15) is 28.3 Å². The molecule has 1 aliphatic heterocycles. The van der Waals surface area contributed by atoms with E-state index in [4.69, 9.17) is 15.5 Å². The van der Waals surface area contributed by atoms with Gasteiger partial charge in [0.05, 0.1) is 24.0 Å². The van der Waals surface area contributed by atoms with Crippen LogP contribution in [0.5, 0.6) is 5.75 Å². The number of halogens is 1. The monoisotopic (exact) mass is 505 g/mol. The van der Waals surface area contributed by atoms with Crippen molar-refractivity contribution in [1.82, 2.24) is 19.3 Å². The second kappa shape index (κ2) is 9.66. The van der Waals surface area contributed by atoms with Crippen molar-refractivity contribution in [3.63, 3.8) is 0 Å². The number of nitrogens with zero attached hydrogens (tertiary/aromatic N) is 5. The summed E-state index contributed by atoms with van der Waals surface area (Å²) in [5.41, 5.74) is 7.99. The van der Waals surface area contributed by atoms with Crippen molar-refractivity contribution in [2.75, 3.05) is 30.4 Å². The zero-order valence-electron chi connectivity index (χ0n) is 20.9. The van der Waals surface area contributed by atoms with E-state index in [1.165, 1.54) is 37.6 Å². The van der Waals surface area contributed by atoms with Gasteiger partial charge < -0.3 is 25.3 Å². The molecule has 1 amide bonds. The Labute approximate surface area is 212 Å². The van der Waals surface area contributed by atoms with Crippen LogP contribution in [-0.2, 0) is 7.05 Å². The second-order valence-electron chi connectivity index (χ2n) is 9.08. The van der Waals surface area contributed by atoms with Crippen LogP contribution in [0.25, 0.3) is 16.7 Å². The number of methoxy groups -OCH3 is 1. The van der Waals surface area contributed by atoms with Gasteiger partial charge in [-0.05, 0) is 50.1 Å². The SMILES string of the molecule is COc1cccc(F)c1-n1nccc(C(=O)Nc2ccc3c(nc(C)n3C)c2N2CCC(N)CC2)c1=O. The Balaban J connectivity index is 1.57. The molecule has 0 saturated carbocycles. The number of benzene rings is 2. The molecule has 2 aromatic carbocycles. The number of hydrogen-bond acceptors (Lipinski definition) is 7.